The van der Waals surface area contributed by atoms with Crippen LogP contribution < -0.4 is 16.2 Å². The van der Waals surface area contributed by atoms with Crippen LogP contribution in [0.3, 0.4) is 0 Å². The standard InChI is InChI=1S/C23H26N4O3/c1-14-11-16(13-25-20-17(23(29)30)9-6-10-24-20)19-18(12-14)22(28)27(2)21(26-19)15-7-4-3-5-8-15/h6-7,9-12,20,24-25H,3-5,8,13H2,1-2H3,(H,29,30). The minimum atomic E-state index is -0.975. The zero-order valence-corrected chi connectivity index (χ0v) is 17.2. The molecule has 1 aliphatic heterocycles. The molecule has 1 aliphatic carbocycles. The predicted octanol–water partition coefficient (Wildman–Crippen LogP) is 2.74. The first-order valence-electron chi connectivity index (χ1n) is 10.2. The number of carbonyl (C=O) groups is 1. The zero-order valence-electron chi connectivity index (χ0n) is 17.2. The van der Waals surface area contributed by atoms with Gasteiger partial charge in [0.1, 0.15) is 12.0 Å². The molecule has 7 heteroatoms. The van der Waals surface area contributed by atoms with Crippen molar-refractivity contribution in [1.82, 2.24) is 20.2 Å². The number of benzene rings is 1. The van der Waals surface area contributed by atoms with Crippen molar-refractivity contribution in [2.45, 2.75) is 45.3 Å². The average Bonchev–Trinajstić information content (AvgIpc) is 2.75. The normalized spacial score (nSPS) is 18.7. The fraction of sp³-hybridized carbons (Fsp3) is 0.348. The third-order valence-electron chi connectivity index (χ3n) is 5.67. The number of nitrogens with one attached hydrogen (secondary N) is 2. The molecular formula is C23H26N4O3. The Kier molecular flexibility index (Phi) is 5.55. The molecule has 30 heavy (non-hydrogen) atoms. The summed E-state index contributed by atoms with van der Waals surface area (Å²) in [7, 11) is 1.78. The van der Waals surface area contributed by atoms with Crippen LogP contribution in [-0.2, 0) is 18.4 Å². The van der Waals surface area contributed by atoms with Gasteiger partial charge in [-0.2, -0.15) is 0 Å². The van der Waals surface area contributed by atoms with Gasteiger partial charge in [0.05, 0.1) is 16.5 Å². The quantitative estimate of drug-likeness (QED) is 0.707. The molecule has 0 bridgehead atoms. The Labute approximate surface area is 174 Å². The summed E-state index contributed by atoms with van der Waals surface area (Å²) in [5.41, 5.74) is 3.82. The molecule has 0 spiro atoms. The van der Waals surface area contributed by atoms with E-state index >= 15 is 0 Å². The van der Waals surface area contributed by atoms with Gasteiger partial charge in [0, 0.05) is 13.6 Å². The fourth-order valence-electron chi connectivity index (χ4n) is 4.14. The molecule has 3 N–H and O–H groups in total. The van der Waals surface area contributed by atoms with E-state index in [1.807, 2.05) is 19.1 Å². The molecule has 2 aliphatic rings. The number of aromatic nitrogens is 2. The summed E-state index contributed by atoms with van der Waals surface area (Å²) in [4.78, 5) is 29.5. The van der Waals surface area contributed by atoms with Crippen molar-refractivity contribution in [3.63, 3.8) is 0 Å². The molecule has 156 valence electrons. The first kappa shape index (κ1) is 20.1. The van der Waals surface area contributed by atoms with Crippen LogP contribution in [0.5, 0.6) is 0 Å². The molecule has 2 heterocycles. The van der Waals surface area contributed by atoms with Gasteiger partial charge < -0.3 is 10.4 Å². The van der Waals surface area contributed by atoms with E-state index in [2.05, 4.69) is 16.7 Å². The Hall–Kier alpha value is -3.19. The van der Waals surface area contributed by atoms with E-state index in [1.165, 1.54) is 6.42 Å². The Bertz CT molecular complexity index is 1160. The summed E-state index contributed by atoms with van der Waals surface area (Å²) in [5.74, 6) is -0.251. The molecule has 0 amide bonds. The number of aryl methyl sites for hydroxylation is 1. The highest BCUT2D eigenvalue weighted by Crippen LogP contribution is 2.26. The zero-order chi connectivity index (χ0) is 21.3. The van der Waals surface area contributed by atoms with E-state index in [4.69, 9.17) is 4.98 Å². The number of carboxylic acids is 1. The third kappa shape index (κ3) is 3.80. The minimum Gasteiger partial charge on any atom is -0.478 e. The lowest BCUT2D eigenvalue weighted by molar-refractivity contribution is -0.133. The number of fused-ring (bicyclic) bond motifs is 1. The SMILES string of the molecule is Cc1cc(CNC2NC=CC=C2C(=O)O)c2nc(C3=CCCCC3)n(C)c(=O)c2c1. The summed E-state index contributed by atoms with van der Waals surface area (Å²) >= 11 is 0. The van der Waals surface area contributed by atoms with Gasteiger partial charge in [0.2, 0.25) is 0 Å². The highest BCUT2D eigenvalue weighted by molar-refractivity contribution is 5.88. The van der Waals surface area contributed by atoms with Crippen molar-refractivity contribution >= 4 is 22.4 Å². The van der Waals surface area contributed by atoms with Gasteiger partial charge in [-0.1, -0.05) is 12.1 Å². The lowest BCUT2D eigenvalue weighted by Crippen LogP contribution is -2.44. The third-order valence-corrected chi connectivity index (χ3v) is 5.67. The molecule has 7 nitrogen and oxygen atoms in total. The minimum absolute atomic E-state index is 0.0590. The molecule has 4 rings (SSSR count). The van der Waals surface area contributed by atoms with Gasteiger partial charge in [-0.05, 0) is 73.7 Å². The Morgan fingerprint density at radius 1 is 1.37 bits per heavy atom. The van der Waals surface area contributed by atoms with Crippen molar-refractivity contribution in [2.24, 2.45) is 7.05 Å². The van der Waals surface area contributed by atoms with Crippen LogP contribution in [0.25, 0.3) is 16.5 Å². The Balaban J connectivity index is 1.74. The number of aliphatic carboxylic acids is 1. The molecule has 1 atom stereocenters. The van der Waals surface area contributed by atoms with E-state index in [0.29, 0.717) is 17.4 Å². The van der Waals surface area contributed by atoms with Gasteiger partial charge in [-0.3, -0.25) is 14.7 Å². The maximum atomic E-state index is 13.1. The Morgan fingerprint density at radius 2 is 2.20 bits per heavy atom. The molecule has 0 saturated heterocycles. The van der Waals surface area contributed by atoms with Crippen LogP contribution >= 0.6 is 0 Å². The molecule has 1 aromatic heterocycles. The maximum absolute atomic E-state index is 13.1. The van der Waals surface area contributed by atoms with Crippen LogP contribution in [0.1, 0.15) is 42.6 Å². The van der Waals surface area contributed by atoms with Crippen molar-refractivity contribution in [1.29, 1.82) is 0 Å². The molecule has 2 aromatic rings. The largest absolute Gasteiger partial charge is 0.478 e. The predicted molar refractivity (Wildman–Crippen MR) is 117 cm³/mol. The van der Waals surface area contributed by atoms with E-state index in [9.17, 15) is 14.7 Å². The lowest BCUT2D eigenvalue weighted by Gasteiger charge is -2.23. The van der Waals surface area contributed by atoms with Crippen molar-refractivity contribution in [3.05, 3.63) is 69.4 Å². The summed E-state index contributed by atoms with van der Waals surface area (Å²) in [5, 5.41) is 16.3. The molecule has 0 fully saturated rings. The number of hydrogen-bond donors (Lipinski definition) is 3. The summed E-state index contributed by atoms with van der Waals surface area (Å²) < 4.78 is 1.65. The molecule has 0 saturated carbocycles. The van der Waals surface area contributed by atoms with Crippen LogP contribution in [-0.4, -0.2) is 26.8 Å². The second-order valence-corrected chi connectivity index (χ2v) is 7.86. The van der Waals surface area contributed by atoms with E-state index < -0.39 is 12.1 Å². The second-order valence-electron chi connectivity index (χ2n) is 7.86. The number of dihydropyridines is 1. The highest BCUT2D eigenvalue weighted by Gasteiger charge is 2.21. The van der Waals surface area contributed by atoms with Crippen molar-refractivity contribution in [2.75, 3.05) is 0 Å². The molecule has 0 radical (unpaired) electrons. The number of hydrogen-bond acceptors (Lipinski definition) is 5. The average molecular weight is 406 g/mol. The maximum Gasteiger partial charge on any atom is 0.335 e. The first-order valence-corrected chi connectivity index (χ1v) is 10.2. The summed E-state index contributed by atoms with van der Waals surface area (Å²) in [6.45, 7) is 2.33. The van der Waals surface area contributed by atoms with E-state index in [1.54, 1.807) is 30.0 Å². The summed E-state index contributed by atoms with van der Waals surface area (Å²) in [6, 6.07) is 3.88. The van der Waals surface area contributed by atoms with Gasteiger partial charge in [0.15, 0.2) is 0 Å². The first-order chi connectivity index (χ1) is 14.5. The van der Waals surface area contributed by atoms with E-state index in [0.717, 1.165) is 41.8 Å². The van der Waals surface area contributed by atoms with Gasteiger partial charge in [0.25, 0.3) is 5.56 Å². The van der Waals surface area contributed by atoms with Crippen LogP contribution in [0.4, 0.5) is 0 Å². The van der Waals surface area contributed by atoms with Crippen LogP contribution in [0, 0.1) is 6.92 Å². The van der Waals surface area contributed by atoms with Crippen molar-refractivity contribution in [3.8, 4) is 0 Å². The van der Waals surface area contributed by atoms with Crippen LogP contribution in [0.15, 0.2) is 46.9 Å². The second kappa shape index (κ2) is 8.28. The molecule has 1 unspecified atom stereocenters. The Morgan fingerprint density at radius 3 is 2.93 bits per heavy atom. The van der Waals surface area contributed by atoms with Gasteiger partial charge >= 0.3 is 5.97 Å². The fourth-order valence-corrected chi connectivity index (χ4v) is 4.14. The smallest absolute Gasteiger partial charge is 0.335 e. The summed E-state index contributed by atoms with van der Waals surface area (Å²) in [6.07, 6.45) is 10.8. The number of nitrogens with zero attached hydrogens (tertiary/aromatic N) is 2. The number of allylic oxidation sites excluding steroid dienone is 4. The van der Waals surface area contributed by atoms with Crippen molar-refractivity contribution < 1.29 is 9.90 Å². The molecule has 1 aromatic carbocycles. The van der Waals surface area contributed by atoms with Crippen LogP contribution in [0.2, 0.25) is 0 Å². The van der Waals surface area contributed by atoms with Gasteiger partial charge in [-0.15, -0.1) is 0 Å². The monoisotopic (exact) mass is 406 g/mol. The van der Waals surface area contributed by atoms with E-state index in [-0.39, 0.29) is 11.1 Å². The van der Waals surface area contributed by atoms with Gasteiger partial charge in [-0.25, -0.2) is 9.78 Å². The topological polar surface area (TPSA) is 96.2 Å². The highest BCUT2D eigenvalue weighted by atomic mass is 16.4. The number of rotatable bonds is 5. The molecular weight excluding hydrogens is 380 g/mol. The number of carboxylic acid groups (broad SMARTS) is 1. The lowest BCUT2D eigenvalue weighted by atomic mass is 9.98.